The molecule has 0 saturated carbocycles. The number of carbonyl (C=O) groups excluding carboxylic acids is 1. The third-order valence-corrected chi connectivity index (χ3v) is 2.78. The lowest BCUT2D eigenvalue weighted by molar-refractivity contribution is 0.122. The van der Waals surface area contributed by atoms with E-state index in [0.717, 1.165) is 11.4 Å². The standard InChI is InChI=1S/C13H17NO4/c1-2-17-11-5-3-10(4-6-11)14-9-12(7-8-15)18-13(14)16/h3-6,12,15H,2,7-9H2,1H3/t12-/m1/s1. The number of hydrogen-bond donors (Lipinski definition) is 1. The lowest BCUT2D eigenvalue weighted by Crippen LogP contribution is -2.24. The summed E-state index contributed by atoms with van der Waals surface area (Å²) in [6.07, 6.45) is -0.120. The highest BCUT2D eigenvalue weighted by Crippen LogP contribution is 2.24. The fraction of sp³-hybridized carbons (Fsp3) is 0.462. The number of amides is 1. The van der Waals surface area contributed by atoms with Crippen molar-refractivity contribution < 1.29 is 19.4 Å². The molecule has 0 aliphatic carbocycles. The molecular formula is C13H17NO4. The molecule has 1 aromatic rings. The van der Waals surface area contributed by atoms with Gasteiger partial charge in [-0.2, -0.15) is 0 Å². The van der Waals surface area contributed by atoms with E-state index in [0.29, 0.717) is 19.6 Å². The normalized spacial score (nSPS) is 18.9. The van der Waals surface area contributed by atoms with Crippen LogP contribution in [0.5, 0.6) is 5.75 Å². The monoisotopic (exact) mass is 251 g/mol. The van der Waals surface area contributed by atoms with Crippen molar-refractivity contribution in [1.29, 1.82) is 0 Å². The van der Waals surface area contributed by atoms with Crippen LogP contribution in [0.2, 0.25) is 0 Å². The van der Waals surface area contributed by atoms with Crippen LogP contribution < -0.4 is 9.64 Å². The Kier molecular flexibility index (Phi) is 4.04. The summed E-state index contributed by atoms with van der Waals surface area (Å²) in [6.45, 7) is 3.04. The van der Waals surface area contributed by atoms with Gasteiger partial charge in [-0.1, -0.05) is 0 Å². The summed E-state index contributed by atoms with van der Waals surface area (Å²) in [5.74, 6) is 0.778. The fourth-order valence-corrected chi connectivity index (χ4v) is 1.92. The molecule has 18 heavy (non-hydrogen) atoms. The van der Waals surface area contributed by atoms with Gasteiger partial charge in [-0.05, 0) is 31.2 Å². The molecule has 1 fully saturated rings. The molecule has 0 spiro atoms. The summed E-state index contributed by atoms with van der Waals surface area (Å²) in [5.41, 5.74) is 0.781. The van der Waals surface area contributed by atoms with E-state index < -0.39 is 0 Å². The smallest absolute Gasteiger partial charge is 0.414 e. The molecule has 1 aliphatic rings. The van der Waals surface area contributed by atoms with E-state index in [2.05, 4.69) is 0 Å². The SMILES string of the molecule is CCOc1ccc(N2C[C@@H](CCO)OC2=O)cc1. The highest BCUT2D eigenvalue weighted by atomic mass is 16.6. The predicted molar refractivity (Wildman–Crippen MR) is 66.9 cm³/mol. The van der Waals surface area contributed by atoms with Gasteiger partial charge in [0.1, 0.15) is 11.9 Å². The number of nitrogens with zero attached hydrogens (tertiary/aromatic N) is 1. The van der Waals surface area contributed by atoms with Gasteiger partial charge in [0.05, 0.1) is 13.2 Å². The molecule has 0 unspecified atom stereocenters. The number of rotatable bonds is 5. The van der Waals surface area contributed by atoms with Crippen LogP contribution in [0.25, 0.3) is 0 Å². The van der Waals surface area contributed by atoms with E-state index in [-0.39, 0.29) is 18.8 Å². The predicted octanol–water partition coefficient (Wildman–Crippen LogP) is 1.79. The lowest BCUT2D eigenvalue weighted by atomic mass is 10.2. The summed E-state index contributed by atoms with van der Waals surface area (Å²) in [6, 6.07) is 7.30. The van der Waals surface area contributed by atoms with Crippen LogP contribution in [0.3, 0.4) is 0 Å². The molecule has 1 amide bonds. The minimum Gasteiger partial charge on any atom is -0.494 e. The lowest BCUT2D eigenvalue weighted by Gasteiger charge is -2.13. The van der Waals surface area contributed by atoms with E-state index in [4.69, 9.17) is 14.6 Å². The second-order valence-electron chi connectivity index (χ2n) is 4.06. The Morgan fingerprint density at radius 2 is 2.17 bits per heavy atom. The average Bonchev–Trinajstić information content (AvgIpc) is 2.72. The third kappa shape index (κ3) is 2.73. The number of hydrogen-bond acceptors (Lipinski definition) is 4. The quantitative estimate of drug-likeness (QED) is 0.866. The summed E-state index contributed by atoms with van der Waals surface area (Å²) in [4.78, 5) is 13.2. The summed E-state index contributed by atoms with van der Waals surface area (Å²) in [5, 5.41) is 8.84. The van der Waals surface area contributed by atoms with Crippen molar-refractivity contribution in [3.63, 3.8) is 0 Å². The fourth-order valence-electron chi connectivity index (χ4n) is 1.92. The molecule has 5 nitrogen and oxygen atoms in total. The Labute approximate surface area is 106 Å². The van der Waals surface area contributed by atoms with E-state index in [9.17, 15) is 4.79 Å². The molecule has 1 heterocycles. The van der Waals surface area contributed by atoms with Crippen molar-refractivity contribution >= 4 is 11.8 Å². The zero-order chi connectivity index (χ0) is 13.0. The summed E-state index contributed by atoms with van der Waals surface area (Å²) >= 11 is 0. The number of benzene rings is 1. The van der Waals surface area contributed by atoms with E-state index in [1.165, 1.54) is 0 Å². The van der Waals surface area contributed by atoms with Crippen molar-refractivity contribution in [1.82, 2.24) is 0 Å². The number of aliphatic hydroxyl groups is 1. The Bertz CT molecular complexity index is 404. The molecule has 0 radical (unpaired) electrons. The van der Waals surface area contributed by atoms with Gasteiger partial charge in [0.25, 0.3) is 0 Å². The van der Waals surface area contributed by atoms with Crippen molar-refractivity contribution in [3.05, 3.63) is 24.3 Å². The second kappa shape index (κ2) is 5.73. The van der Waals surface area contributed by atoms with Gasteiger partial charge in [-0.25, -0.2) is 4.79 Å². The molecule has 1 aliphatic heterocycles. The van der Waals surface area contributed by atoms with Crippen LogP contribution in [0, 0.1) is 0 Å². The van der Waals surface area contributed by atoms with Gasteiger partial charge in [0, 0.05) is 18.7 Å². The van der Waals surface area contributed by atoms with Gasteiger partial charge in [0.2, 0.25) is 0 Å². The second-order valence-corrected chi connectivity index (χ2v) is 4.06. The van der Waals surface area contributed by atoms with Crippen molar-refractivity contribution in [3.8, 4) is 5.75 Å². The Balaban J connectivity index is 2.05. The minimum atomic E-state index is -0.363. The zero-order valence-corrected chi connectivity index (χ0v) is 10.3. The zero-order valence-electron chi connectivity index (χ0n) is 10.3. The van der Waals surface area contributed by atoms with Gasteiger partial charge in [-0.3, -0.25) is 4.90 Å². The molecule has 0 aromatic heterocycles. The Morgan fingerprint density at radius 3 is 2.78 bits per heavy atom. The minimum absolute atomic E-state index is 0.0229. The number of cyclic esters (lactones) is 1. The summed E-state index contributed by atoms with van der Waals surface area (Å²) in [7, 11) is 0. The van der Waals surface area contributed by atoms with Crippen LogP contribution in [-0.4, -0.2) is 37.1 Å². The first-order valence-electron chi connectivity index (χ1n) is 6.06. The highest BCUT2D eigenvalue weighted by Gasteiger charge is 2.31. The number of anilines is 1. The van der Waals surface area contributed by atoms with Gasteiger partial charge < -0.3 is 14.6 Å². The van der Waals surface area contributed by atoms with E-state index in [1.54, 1.807) is 4.90 Å². The third-order valence-electron chi connectivity index (χ3n) is 2.78. The molecule has 1 aromatic carbocycles. The van der Waals surface area contributed by atoms with E-state index >= 15 is 0 Å². The largest absolute Gasteiger partial charge is 0.494 e. The topological polar surface area (TPSA) is 59.0 Å². The molecule has 0 bridgehead atoms. The maximum atomic E-state index is 11.7. The average molecular weight is 251 g/mol. The first-order valence-corrected chi connectivity index (χ1v) is 6.06. The van der Waals surface area contributed by atoms with Crippen molar-refractivity contribution in [2.24, 2.45) is 0 Å². The van der Waals surface area contributed by atoms with Crippen molar-refractivity contribution in [2.45, 2.75) is 19.4 Å². The van der Waals surface area contributed by atoms with Crippen LogP contribution >= 0.6 is 0 Å². The van der Waals surface area contributed by atoms with Gasteiger partial charge in [-0.15, -0.1) is 0 Å². The maximum absolute atomic E-state index is 11.7. The van der Waals surface area contributed by atoms with Crippen LogP contribution in [0.1, 0.15) is 13.3 Å². The van der Waals surface area contributed by atoms with Crippen molar-refractivity contribution in [2.75, 3.05) is 24.7 Å². The summed E-state index contributed by atoms with van der Waals surface area (Å²) < 4.78 is 10.5. The highest BCUT2D eigenvalue weighted by molar-refractivity contribution is 5.89. The maximum Gasteiger partial charge on any atom is 0.414 e. The first-order chi connectivity index (χ1) is 8.74. The van der Waals surface area contributed by atoms with Crippen LogP contribution in [-0.2, 0) is 4.74 Å². The molecule has 5 heteroatoms. The van der Waals surface area contributed by atoms with Gasteiger partial charge in [0.15, 0.2) is 0 Å². The molecule has 1 atom stereocenters. The number of aliphatic hydroxyl groups excluding tert-OH is 1. The number of carbonyl (C=O) groups is 1. The van der Waals surface area contributed by atoms with Crippen LogP contribution in [0.4, 0.5) is 10.5 Å². The van der Waals surface area contributed by atoms with Crippen LogP contribution in [0.15, 0.2) is 24.3 Å². The molecule has 1 N–H and O–H groups in total. The Hall–Kier alpha value is -1.75. The molecule has 98 valence electrons. The molecule has 2 rings (SSSR count). The van der Waals surface area contributed by atoms with E-state index in [1.807, 2.05) is 31.2 Å². The number of ether oxygens (including phenoxy) is 2. The molecule has 1 saturated heterocycles. The first kappa shape index (κ1) is 12.7. The Morgan fingerprint density at radius 1 is 1.44 bits per heavy atom. The van der Waals surface area contributed by atoms with Gasteiger partial charge >= 0.3 is 6.09 Å². The molecular weight excluding hydrogens is 234 g/mol.